The van der Waals surface area contributed by atoms with Crippen molar-refractivity contribution in [3.8, 4) is 0 Å². The molecule has 5 rings (SSSR count). The Hall–Kier alpha value is -3.40. The average Bonchev–Trinajstić information content (AvgIpc) is 2.77. The number of carbonyl (C=O) groups is 3. The molecule has 7 nitrogen and oxygen atoms in total. The number of hydrogen-bond acceptors (Lipinski definition) is 5. The molecular weight excluding hydrogens is 427 g/mol. The summed E-state index contributed by atoms with van der Waals surface area (Å²) in [5.41, 5.74) is -1.66. The van der Waals surface area contributed by atoms with E-state index in [2.05, 4.69) is 5.32 Å². The molecule has 0 radical (unpaired) electrons. The smallest absolute Gasteiger partial charge is 0.377 e. The molecule has 0 aliphatic carbocycles. The molecule has 2 unspecified atom stereocenters. The van der Waals surface area contributed by atoms with E-state index in [9.17, 15) is 27.6 Å². The van der Waals surface area contributed by atoms with Gasteiger partial charge in [0.1, 0.15) is 0 Å². The number of halogens is 3. The van der Waals surface area contributed by atoms with Crippen molar-refractivity contribution in [2.45, 2.75) is 18.6 Å². The fourth-order valence-electron chi connectivity index (χ4n) is 4.82. The van der Waals surface area contributed by atoms with Crippen LogP contribution in [0.2, 0.25) is 0 Å². The zero-order valence-electron chi connectivity index (χ0n) is 16.7. The molecule has 2 atom stereocenters. The minimum atomic E-state index is -4.57. The number of rotatable bonds is 1. The van der Waals surface area contributed by atoms with Gasteiger partial charge in [-0.3, -0.25) is 14.9 Å². The van der Waals surface area contributed by atoms with E-state index in [1.54, 1.807) is 35.2 Å². The number of para-hydroxylation sites is 1. The summed E-state index contributed by atoms with van der Waals surface area (Å²) in [5.74, 6) is -1.61. The van der Waals surface area contributed by atoms with Crippen LogP contribution in [0.3, 0.4) is 0 Å². The Morgan fingerprint density at radius 3 is 2.53 bits per heavy atom. The van der Waals surface area contributed by atoms with Crippen molar-refractivity contribution in [1.29, 1.82) is 0 Å². The van der Waals surface area contributed by atoms with Gasteiger partial charge >= 0.3 is 12.2 Å². The molecule has 2 fully saturated rings. The zero-order chi connectivity index (χ0) is 22.7. The van der Waals surface area contributed by atoms with Crippen LogP contribution in [0.1, 0.15) is 11.1 Å². The maximum absolute atomic E-state index is 13.8. The second-order valence-electron chi connectivity index (χ2n) is 8.01. The molecule has 2 aromatic carbocycles. The molecule has 2 saturated heterocycles. The average molecular weight is 445 g/mol. The van der Waals surface area contributed by atoms with E-state index in [0.717, 1.165) is 17.0 Å². The number of morpholine rings is 1. The fraction of sp³-hybridized carbons (Fsp3) is 0.318. The molecule has 4 amide bonds. The third kappa shape index (κ3) is 2.89. The summed E-state index contributed by atoms with van der Waals surface area (Å²) in [5, 5.41) is 2.25. The molecular formula is C22H18F3N3O4. The summed E-state index contributed by atoms with van der Waals surface area (Å²) in [6.07, 6.45) is -4.85. The lowest BCUT2D eigenvalue weighted by Gasteiger charge is -2.53. The first-order chi connectivity index (χ1) is 15.2. The largest absolute Gasteiger partial charge is 0.416 e. The molecule has 0 saturated carbocycles. The van der Waals surface area contributed by atoms with Gasteiger partial charge in [-0.25, -0.2) is 9.69 Å². The third-order valence-electron chi connectivity index (χ3n) is 6.31. The van der Waals surface area contributed by atoms with Crippen molar-refractivity contribution in [3.63, 3.8) is 0 Å². The minimum Gasteiger partial charge on any atom is -0.377 e. The highest BCUT2D eigenvalue weighted by Crippen LogP contribution is 2.47. The van der Waals surface area contributed by atoms with Crippen LogP contribution in [0.15, 0.2) is 48.5 Å². The highest BCUT2D eigenvalue weighted by molar-refractivity contribution is 6.30. The van der Waals surface area contributed by atoms with Gasteiger partial charge in [0.25, 0.3) is 5.91 Å². The van der Waals surface area contributed by atoms with Crippen molar-refractivity contribution in [3.05, 3.63) is 59.7 Å². The number of nitrogens with zero attached hydrogens (tertiary/aromatic N) is 2. The summed E-state index contributed by atoms with van der Waals surface area (Å²) >= 11 is 0. The van der Waals surface area contributed by atoms with Crippen LogP contribution in [0.5, 0.6) is 0 Å². The van der Waals surface area contributed by atoms with Gasteiger partial charge in [-0.2, -0.15) is 13.2 Å². The third-order valence-corrected chi connectivity index (χ3v) is 6.31. The Bertz CT molecular complexity index is 1120. The molecule has 3 aliphatic rings. The number of benzene rings is 2. The summed E-state index contributed by atoms with van der Waals surface area (Å²) in [6, 6.07) is 9.77. The molecule has 10 heteroatoms. The van der Waals surface area contributed by atoms with E-state index in [4.69, 9.17) is 4.74 Å². The van der Waals surface area contributed by atoms with E-state index >= 15 is 0 Å². The van der Waals surface area contributed by atoms with Gasteiger partial charge < -0.3 is 9.64 Å². The van der Waals surface area contributed by atoms with E-state index in [-0.39, 0.29) is 24.3 Å². The number of fused-ring (bicyclic) bond motifs is 4. The van der Waals surface area contributed by atoms with Crippen LogP contribution in [-0.4, -0.2) is 43.6 Å². The van der Waals surface area contributed by atoms with Crippen LogP contribution in [0, 0.1) is 5.41 Å². The van der Waals surface area contributed by atoms with Crippen LogP contribution in [0.25, 0.3) is 0 Å². The van der Waals surface area contributed by atoms with Gasteiger partial charge in [0.15, 0.2) is 5.41 Å². The first kappa shape index (κ1) is 20.5. The van der Waals surface area contributed by atoms with Crippen LogP contribution in [-0.2, 0) is 26.9 Å². The predicted molar refractivity (Wildman–Crippen MR) is 107 cm³/mol. The van der Waals surface area contributed by atoms with E-state index < -0.39 is 41.0 Å². The number of barbiturate groups is 1. The topological polar surface area (TPSA) is 79.0 Å². The minimum absolute atomic E-state index is 0.0242. The number of imide groups is 2. The Kier molecular flexibility index (Phi) is 4.52. The van der Waals surface area contributed by atoms with Crippen molar-refractivity contribution < 1.29 is 32.3 Å². The van der Waals surface area contributed by atoms with Gasteiger partial charge in [-0.05, 0) is 42.3 Å². The van der Waals surface area contributed by atoms with Gasteiger partial charge in [0.05, 0.1) is 30.5 Å². The van der Waals surface area contributed by atoms with Gasteiger partial charge in [0, 0.05) is 12.2 Å². The number of alkyl halides is 3. The standard InChI is InChI=1S/C22H18F3N3O4/c23-22(24,25)14-6-7-16-13(10-14)11-21(17-12-32-9-8-27(16)17)18(29)26-20(31)28(19(21)30)15-4-2-1-3-5-15/h1-7,10,17H,8-9,11-12H2,(H,26,29,31). The Morgan fingerprint density at radius 2 is 1.81 bits per heavy atom. The number of nitrogens with one attached hydrogen (secondary N) is 1. The number of amides is 4. The maximum atomic E-state index is 13.8. The molecule has 166 valence electrons. The highest BCUT2D eigenvalue weighted by atomic mass is 19.4. The lowest BCUT2D eigenvalue weighted by atomic mass is 9.68. The second-order valence-corrected chi connectivity index (χ2v) is 8.01. The number of anilines is 2. The maximum Gasteiger partial charge on any atom is 0.416 e. The number of ether oxygens (including phenoxy) is 1. The van der Waals surface area contributed by atoms with E-state index in [0.29, 0.717) is 18.8 Å². The number of hydrogen-bond donors (Lipinski definition) is 1. The molecule has 0 aromatic heterocycles. The Balaban J connectivity index is 1.67. The quantitative estimate of drug-likeness (QED) is 0.683. The van der Waals surface area contributed by atoms with Gasteiger partial charge in [-0.15, -0.1) is 0 Å². The number of urea groups is 1. The van der Waals surface area contributed by atoms with Crippen molar-refractivity contribution in [2.75, 3.05) is 29.6 Å². The Morgan fingerprint density at radius 1 is 1.06 bits per heavy atom. The zero-order valence-corrected chi connectivity index (χ0v) is 16.7. The van der Waals surface area contributed by atoms with E-state index in [1.807, 2.05) is 0 Å². The fourth-order valence-corrected chi connectivity index (χ4v) is 4.82. The summed E-state index contributed by atoms with van der Waals surface area (Å²) in [7, 11) is 0. The molecule has 3 heterocycles. The normalized spacial score (nSPS) is 25.5. The predicted octanol–water partition coefficient (Wildman–Crippen LogP) is 2.74. The van der Waals surface area contributed by atoms with Crippen LogP contribution >= 0.6 is 0 Å². The lowest BCUT2D eigenvalue weighted by Crippen LogP contribution is -2.74. The molecule has 32 heavy (non-hydrogen) atoms. The summed E-state index contributed by atoms with van der Waals surface area (Å²) in [4.78, 5) is 42.3. The molecule has 1 spiro atoms. The molecule has 2 aromatic rings. The monoisotopic (exact) mass is 445 g/mol. The highest BCUT2D eigenvalue weighted by Gasteiger charge is 2.63. The number of carbonyl (C=O) groups excluding carboxylic acids is 3. The molecule has 1 N–H and O–H groups in total. The molecule has 3 aliphatic heterocycles. The first-order valence-electron chi connectivity index (χ1n) is 10.0. The van der Waals surface area contributed by atoms with Crippen molar-refractivity contribution in [1.82, 2.24) is 5.32 Å². The SMILES string of the molecule is O=C1NC(=O)C2(Cc3cc(C(F)(F)F)ccc3N3CCOCC32)C(=O)N1c1ccccc1. The van der Waals surface area contributed by atoms with Gasteiger partial charge in [-0.1, -0.05) is 18.2 Å². The Labute approximate surface area is 180 Å². The first-order valence-corrected chi connectivity index (χ1v) is 10.0. The van der Waals surface area contributed by atoms with Crippen molar-refractivity contribution in [2.24, 2.45) is 5.41 Å². The van der Waals surface area contributed by atoms with Gasteiger partial charge in [0.2, 0.25) is 5.91 Å². The molecule has 0 bridgehead atoms. The second kappa shape index (κ2) is 7.06. The lowest BCUT2D eigenvalue weighted by molar-refractivity contribution is -0.146. The summed E-state index contributed by atoms with van der Waals surface area (Å²) in [6.45, 7) is 0.616. The van der Waals surface area contributed by atoms with Crippen LogP contribution < -0.4 is 15.1 Å². The summed E-state index contributed by atoms with van der Waals surface area (Å²) < 4.78 is 45.7. The van der Waals surface area contributed by atoms with Crippen LogP contribution in [0.4, 0.5) is 29.3 Å². The van der Waals surface area contributed by atoms with Crippen molar-refractivity contribution >= 4 is 29.2 Å². The van der Waals surface area contributed by atoms with E-state index in [1.165, 1.54) is 6.07 Å².